The van der Waals surface area contributed by atoms with Gasteiger partial charge in [-0.05, 0) is 12.3 Å². The van der Waals surface area contributed by atoms with E-state index in [1.54, 1.807) is 6.08 Å². The van der Waals surface area contributed by atoms with Gasteiger partial charge in [0.15, 0.2) is 0 Å². The van der Waals surface area contributed by atoms with E-state index in [1.165, 1.54) is 19.3 Å². The molecular weight excluding hydrogens is 160 g/mol. The van der Waals surface area contributed by atoms with Gasteiger partial charge >= 0.3 is 0 Å². The minimum absolute atomic E-state index is 0.689. The molecular formula is C12H26O. The molecule has 0 aliphatic carbocycles. The highest BCUT2D eigenvalue weighted by Gasteiger charge is 1.98. The predicted octanol–water partition coefficient (Wildman–Crippen LogP) is 4.04. The van der Waals surface area contributed by atoms with Crippen molar-refractivity contribution in [1.29, 1.82) is 0 Å². The maximum absolute atomic E-state index is 5.28. The van der Waals surface area contributed by atoms with Crippen LogP contribution in [-0.2, 0) is 4.74 Å². The molecule has 1 unspecified atom stereocenters. The molecule has 0 aliphatic heterocycles. The van der Waals surface area contributed by atoms with Gasteiger partial charge in [-0.25, -0.2) is 0 Å². The molecule has 13 heavy (non-hydrogen) atoms. The summed E-state index contributed by atoms with van der Waals surface area (Å²) in [5.74, 6) is 0.699. The van der Waals surface area contributed by atoms with Crippen LogP contribution in [0.1, 0.15) is 47.0 Å². The van der Waals surface area contributed by atoms with Gasteiger partial charge < -0.3 is 4.74 Å². The van der Waals surface area contributed by atoms with Gasteiger partial charge in [0.25, 0.3) is 0 Å². The van der Waals surface area contributed by atoms with Crippen LogP contribution in [0.5, 0.6) is 0 Å². The molecule has 1 heteroatoms. The third-order valence-corrected chi connectivity index (χ3v) is 1.42. The van der Waals surface area contributed by atoms with Gasteiger partial charge in [0.2, 0.25) is 0 Å². The fourth-order valence-electron chi connectivity index (χ4n) is 0.929. The zero-order chi connectivity index (χ0) is 10.5. The van der Waals surface area contributed by atoms with Crippen LogP contribution in [0.4, 0.5) is 0 Å². The summed E-state index contributed by atoms with van der Waals surface area (Å²) in [4.78, 5) is 0. The Morgan fingerprint density at radius 2 is 1.85 bits per heavy atom. The summed E-state index contributed by atoms with van der Waals surface area (Å²) in [6.07, 6.45) is 5.55. The van der Waals surface area contributed by atoms with Crippen LogP contribution in [0, 0.1) is 5.92 Å². The lowest BCUT2D eigenvalue weighted by molar-refractivity contribution is 0.125. The van der Waals surface area contributed by atoms with Crippen LogP contribution in [0.3, 0.4) is 0 Å². The summed E-state index contributed by atoms with van der Waals surface area (Å²) in [5, 5.41) is 0. The monoisotopic (exact) mass is 186 g/mol. The highest BCUT2D eigenvalue weighted by molar-refractivity contribution is 4.64. The molecule has 0 spiro atoms. The second-order valence-electron chi connectivity index (χ2n) is 3.43. The average molecular weight is 186 g/mol. The molecule has 0 N–H and O–H groups in total. The lowest BCUT2D eigenvalue weighted by Gasteiger charge is -2.08. The van der Waals surface area contributed by atoms with E-state index in [-0.39, 0.29) is 0 Å². The van der Waals surface area contributed by atoms with E-state index < -0.39 is 0 Å². The van der Waals surface area contributed by atoms with Crippen molar-refractivity contribution in [1.82, 2.24) is 0 Å². The fraction of sp³-hybridized carbons (Fsp3) is 0.833. The quantitative estimate of drug-likeness (QED) is 0.449. The third-order valence-electron chi connectivity index (χ3n) is 1.42. The Bertz CT molecular complexity index is 89.1. The average Bonchev–Trinajstić information content (AvgIpc) is 2.07. The summed E-state index contributed by atoms with van der Waals surface area (Å²) in [6.45, 7) is 13.8. The predicted molar refractivity (Wildman–Crippen MR) is 61.1 cm³/mol. The Morgan fingerprint density at radius 3 is 2.23 bits per heavy atom. The second-order valence-corrected chi connectivity index (χ2v) is 3.43. The normalized spacial score (nSPS) is 11.4. The molecule has 0 bridgehead atoms. The van der Waals surface area contributed by atoms with Crippen molar-refractivity contribution in [3.8, 4) is 0 Å². The second kappa shape index (κ2) is 14.2. The first-order valence-electron chi connectivity index (χ1n) is 5.41. The van der Waals surface area contributed by atoms with E-state index in [4.69, 9.17) is 4.74 Å². The molecule has 1 nitrogen and oxygen atoms in total. The van der Waals surface area contributed by atoms with E-state index in [0.717, 1.165) is 6.61 Å². The van der Waals surface area contributed by atoms with E-state index in [1.807, 2.05) is 0 Å². The summed E-state index contributed by atoms with van der Waals surface area (Å²) in [5.41, 5.74) is 0. The van der Waals surface area contributed by atoms with Crippen LogP contribution in [0.25, 0.3) is 0 Å². The zero-order valence-electron chi connectivity index (χ0n) is 9.81. The number of ether oxygens (including phenoxy) is 1. The molecule has 0 heterocycles. The van der Waals surface area contributed by atoms with Crippen molar-refractivity contribution in [3.63, 3.8) is 0 Å². The first-order valence-corrected chi connectivity index (χ1v) is 5.41. The maximum Gasteiger partial charge on any atom is 0.0644 e. The molecule has 80 valence electrons. The van der Waals surface area contributed by atoms with Gasteiger partial charge in [-0.15, -0.1) is 6.58 Å². The topological polar surface area (TPSA) is 9.23 Å². The van der Waals surface area contributed by atoms with Gasteiger partial charge in [0.05, 0.1) is 6.61 Å². The SMILES string of the molecule is C=CCOCC(C)CCC.CCC. The highest BCUT2D eigenvalue weighted by atomic mass is 16.5. The smallest absolute Gasteiger partial charge is 0.0644 e. The van der Waals surface area contributed by atoms with E-state index in [2.05, 4.69) is 34.3 Å². The Hall–Kier alpha value is -0.300. The Labute approximate surface area is 84.2 Å². The molecule has 0 amide bonds. The zero-order valence-corrected chi connectivity index (χ0v) is 9.81. The Morgan fingerprint density at radius 1 is 1.31 bits per heavy atom. The summed E-state index contributed by atoms with van der Waals surface area (Å²) >= 11 is 0. The molecule has 0 aliphatic rings. The number of hydrogen-bond acceptors (Lipinski definition) is 1. The van der Waals surface area contributed by atoms with Gasteiger partial charge in [0, 0.05) is 6.61 Å². The Kier molecular flexibility index (Phi) is 16.6. The number of rotatable bonds is 6. The van der Waals surface area contributed by atoms with Crippen molar-refractivity contribution >= 4 is 0 Å². The molecule has 0 saturated carbocycles. The minimum atomic E-state index is 0.689. The standard InChI is InChI=1S/C9H18O.C3H8/c1-4-6-9(3)8-10-7-5-2;1-3-2/h5,9H,2,4,6-8H2,1,3H3;3H2,1-2H3. The van der Waals surface area contributed by atoms with E-state index >= 15 is 0 Å². The third kappa shape index (κ3) is 18.6. The van der Waals surface area contributed by atoms with Crippen LogP contribution in [0.15, 0.2) is 12.7 Å². The maximum atomic E-state index is 5.28. The Balaban J connectivity index is 0. The lowest BCUT2D eigenvalue weighted by Crippen LogP contribution is -2.05. The van der Waals surface area contributed by atoms with Crippen molar-refractivity contribution < 1.29 is 4.74 Å². The summed E-state index contributed by atoms with van der Waals surface area (Å²) in [6, 6.07) is 0. The molecule has 0 rings (SSSR count). The van der Waals surface area contributed by atoms with Crippen LogP contribution in [-0.4, -0.2) is 13.2 Å². The molecule has 0 radical (unpaired) electrons. The van der Waals surface area contributed by atoms with Gasteiger partial charge in [0.1, 0.15) is 0 Å². The van der Waals surface area contributed by atoms with Crippen LogP contribution < -0.4 is 0 Å². The summed E-state index contributed by atoms with van der Waals surface area (Å²) < 4.78 is 5.28. The fourth-order valence-corrected chi connectivity index (χ4v) is 0.929. The van der Waals surface area contributed by atoms with Crippen LogP contribution in [0.2, 0.25) is 0 Å². The lowest BCUT2D eigenvalue weighted by atomic mass is 10.1. The first-order chi connectivity index (χ1) is 6.22. The summed E-state index contributed by atoms with van der Waals surface area (Å²) in [7, 11) is 0. The van der Waals surface area contributed by atoms with Gasteiger partial charge in [-0.1, -0.05) is 46.6 Å². The van der Waals surface area contributed by atoms with E-state index in [9.17, 15) is 0 Å². The molecule has 1 atom stereocenters. The van der Waals surface area contributed by atoms with Crippen molar-refractivity contribution in [2.75, 3.05) is 13.2 Å². The molecule has 0 aromatic heterocycles. The van der Waals surface area contributed by atoms with Crippen molar-refractivity contribution in [2.24, 2.45) is 5.92 Å². The van der Waals surface area contributed by atoms with Gasteiger partial charge in [-0.2, -0.15) is 0 Å². The molecule has 0 fully saturated rings. The molecule has 0 aromatic carbocycles. The largest absolute Gasteiger partial charge is 0.377 e. The minimum Gasteiger partial charge on any atom is -0.377 e. The van der Waals surface area contributed by atoms with Crippen molar-refractivity contribution in [3.05, 3.63) is 12.7 Å². The highest BCUT2D eigenvalue weighted by Crippen LogP contribution is 2.04. The molecule has 0 aromatic rings. The van der Waals surface area contributed by atoms with E-state index in [0.29, 0.717) is 12.5 Å². The van der Waals surface area contributed by atoms with Crippen molar-refractivity contribution in [2.45, 2.75) is 47.0 Å². The first kappa shape index (κ1) is 15.2. The van der Waals surface area contributed by atoms with Crippen LogP contribution >= 0.6 is 0 Å². The number of hydrogen-bond donors (Lipinski definition) is 0. The molecule has 0 saturated heterocycles. The van der Waals surface area contributed by atoms with Gasteiger partial charge in [-0.3, -0.25) is 0 Å².